The molecule has 114 valence electrons. The number of aryl methyl sites for hydroxylation is 1. The summed E-state index contributed by atoms with van der Waals surface area (Å²) in [4.78, 5) is 17.6. The first-order valence-electron chi connectivity index (χ1n) is 6.59. The summed E-state index contributed by atoms with van der Waals surface area (Å²) in [7, 11) is 0. The lowest BCUT2D eigenvalue weighted by molar-refractivity contribution is 0.122. The zero-order valence-electron chi connectivity index (χ0n) is 11.9. The largest absolute Gasteiger partial charge is 0.440 e. The third-order valence-corrected chi connectivity index (χ3v) is 4.55. The molecular weight excluding hydrogens is 324 g/mol. The molecule has 3 aromatic rings. The predicted molar refractivity (Wildman–Crippen MR) is 85.6 cm³/mol. The fourth-order valence-corrected chi connectivity index (χ4v) is 3.34. The number of carbonyl (C=O) groups excluding carboxylic acids is 1. The van der Waals surface area contributed by atoms with Crippen molar-refractivity contribution in [2.24, 2.45) is 0 Å². The van der Waals surface area contributed by atoms with Crippen LogP contribution in [0.2, 0.25) is 5.28 Å². The maximum absolute atomic E-state index is 11.9. The number of nitrogens with one attached hydrogen (secondary N) is 1. The number of rotatable bonds is 3. The Bertz CT molecular complexity index is 815. The van der Waals surface area contributed by atoms with Gasteiger partial charge < -0.3 is 4.74 Å². The average Bonchev–Trinajstić information content (AvgIpc) is 2.98. The topological polar surface area (TPSA) is 68.5 Å². The molecule has 22 heavy (non-hydrogen) atoms. The van der Waals surface area contributed by atoms with E-state index in [0.29, 0.717) is 10.6 Å². The van der Waals surface area contributed by atoms with Crippen LogP contribution < -0.4 is 5.32 Å². The van der Waals surface area contributed by atoms with E-state index >= 15 is 0 Å². The maximum Gasteiger partial charge on any atom is 0.412 e. The molecule has 1 atom stereocenters. The molecule has 0 radical (unpaired) electrons. The molecule has 0 aliphatic carbocycles. The van der Waals surface area contributed by atoms with Crippen molar-refractivity contribution < 1.29 is 9.53 Å². The highest BCUT2D eigenvalue weighted by Crippen LogP contribution is 2.30. The van der Waals surface area contributed by atoms with E-state index < -0.39 is 12.2 Å². The summed E-state index contributed by atoms with van der Waals surface area (Å²) in [6, 6.07) is 9.15. The van der Waals surface area contributed by atoms with Crippen LogP contribution in [0.5, 0.6) is 0 Å². The fourth-order valence-electron chi connectivity index (χ4n) is 2.10. The van der Waals surface area contributed by atoms with Crippen molar-refractivity contribution in [2.45, 2.75) is 20.0 Å². The molecule has 6 nitrogen and oxygen atoms in total. The third-order valence-electron chi connectivity index (χ3n) is 3.10. The van der Waals surface area contributed by atoms with Crippen LogP contribution in [0.15, 0.2) is 30.3 Å². The average molecular weight is 337 g/mol. The number of aromatic nitrogens is 3. The van der Waals surface area contributed by atoms with Crippen molar-refractivity contribution in [3.8, 4) is 0 Å². The van der Waals surface area contributed by atoms with Crippen LogP contribution in [0, 0.1) is 6.92 Å². The number of benzene rings is 1. The van der Waals surface area contributed by atoms with E-state index in [0.717, 1.165) is 10.6 Å². The standard InChI is InChI=1S/C14H13ClN4O2S/c1-8-11(22-13-17-12(15)18-19(8)13)9(2)21-14(20)16-10-6-4-3-5-7-10/h3-7,9H,1-2H3,(H,16,20). The van der Waals surface area contributed by atoms with Gasteiger partial charge in [-0.05, 0) is 37.6 Å². The Morgan fingerprint density at radius 3 is 2.82 bits per heavy atom. The van der Waals surface area contributed by atoms with Gasteiger partial charge in [0.1, 0.15) is 6.10 Å². The summed E-state index contributed by atoms with van der Waals surface area (Å²) < 4.78 is 7.06. The Morgan fingerprint density at radius 1 is 1.41 bits per heavy atom. The van der Waals surface area contributed by atoms with Gasteiger partial charge >= 0.3 is 6.09 Å². The Labute approximate surface area is 135 Å². The minimum absolute atomic E-state index is 0.205. The number of anilines is 1. The molecule has 2 aromatic heterocycles. The van der Waals surface area contributed by atoms with E-state index in [1.54, 1.807) is 16.6 Å². The second-order valence-electron chi connectivity index (χ2n) is 4.67. The van der Waals surface area contributed by atoms with Crippen molar-refractivity contribution >= 4 is 39.7 Å². The lowest BCUT2D eigenvalue weighted by Gasteiger charge is -2.13. The second-order valence-corrected chi connectivity index (χ2v) is 6.01. The molecule has 0 saturated carbocycles. The van der Waals surface area contributed by atoms with Gasteiger partial charge in [-0.1, -0.05) is 29.5 Å². The Hall–Kier alpha value is -2.12. The molecule has 1 aromatic carbocycles. The number of hydrogen-bond donors (Lipinski definition) is 1. The van der Waals surface area contributed by atoms with E-state index in [1.165, 1.54) is 11.3 Å². The van der Waals surface area contributed by atoms with E-state index in [9.17, 15) is 4.79 Å². The number of para-hydroxylation sites is 1. The molecular formula is C14H13ClN4O2S. The molecule has 0 aliphatic rings. The smallest absolute Gasteiger partial charge is 0.412 e. The van der Waals surface area contributed by atoms with Gasteiger partial charge in [-0.15, -0.1) is 5.10 Å². The molecule has 3 rings (SSSR count). The first kappa shape index (κ1) is 14.8. The van der Waals surface area contributed by atoms with Crippen LogP contribution >= 0.6 is 22.9 Å². The Kier molecular flexibility index (Phi) is 4.00. The number of hydrogen-bond acceptors (Lipinski definition) is 5. The number of carbonyl (C=O) groups is 1. The number of amides is 1. The molecule has 1 amide bonds. The number of nitrogens with zero attached hydrogens (tertiary/aromatic N) is 3. The van der Waals surface area contributed by atoms with Crippen molar-refractivity contribution in [3.63, 3.8) is 0 Å². The normalized spacial score (nSPS) is 12.3. The molecule has 1 N–H and O–H groups in total. The lowest BCUT2D eigenvalue weighted by atomic mass is 10.3. The monoisotopic (exact) mass is 336 g/mol. The van der Waals surface area contributed by atoms with Gasteiger partial charge in [0.05, 0.1) is 10.6 Å². The maximum atomic E-state index is 11.9. The minimum atomic E-state index is -0.505. The molecule has 2 heterocycles. The van der Waals surface area contributed by atoms with Crippen molar-refractivity contribution in [3.05, 3.63) is 46.2 Å². The number of fused-ring (bicyclic) bond motifs is 1. The quantitative estimate of drug-likeness (QED) is 0.783. The van der Waals surface area contributed by atoms with Gasteiger partial charge in [0.25, 0.3) is 0 Å². The molecule has 0 saturated heterocycles. The fraction of sp³-hybridized carbons (Fsp3) is 0.214. The second kappa shape index (κ2) is 5.94. The summed E-state index contributed by atoms with van der Waals surface area (Å²) in [6.07, 6.45) is -0.911. The van der Waals surface area contributed by atoms with Crippen LogP contribution in [0.1, 0.15) is 23.6 Å². The molecule has 8 heteroatoms. The van der Waals surface area contributed by atoms with E-state index in [-0.39, 0.29) is 5.28 Å². The SMILES string of the molecule is Cc1c(C(C)OC(=O)Nc2ccccc2)sc2nc(Cl)nn12. The first-order valence-corrected chi connectivity index (χ1v) is 7.78. The summed E-state index contributed by atoms with van der Waals surface area (Å²) in [5.41, 5.74) is 1.55. The van der Waals surface area contributed by atoms with Gasteiger partial charge in [0.15, 0.2) is 0 Å². The predicted octanol–water partition coefficient (Wildman–Crippen LogP) is 4.06. The van der Waals surface area contributed by atoms with Gasteiger partial charge in [-0.2, -0.15) is 4.98 Å². The van der Waals surface area contributed by atoms with Gasteiger partial charge in [-0.3, -0.25) is 5.32 Å². The minimum Gasteiger partial charge on any atom is -0.440 e. The summed E-state index contributed by atoms with van der Waals surface area (Å²) in [5.74, 6) is 0. The first-order chi connectivity index (χ1) is 10.5. The molecule has 0 spiro atoms. The van der Waals surface area contributed by atoms with Crippen LogP contribution in [-0.4, -0.2) is 20.7 Å². The lowest BCUT2D eigenvalue weighted by Crippen LogP contribution is -2.16. The summed E-state index contributed by atoms with van der Waals surface area (Å²) in [6.45, 7) is 3.70. The van der Waals surface area contributed by atoms with E-state index in [1.807, 2.05) is 32.0 Å². The highest BCUT2D eigenvalue weighted by atomic mass is 35.5. The van der Waals surface area contributed by atoms with E-state index in [4.69, 9.17) is 16.3 Å². The molecule has 0 fully saturated rings. The number of ether oxygens (including phenoxy) is 1. The van der Waals surface area contributed by atoms with Crippen molar-refractivity contribution in [1.29, 1.82) is 0 Å². The van der Waals surface area contributed by atoms with Crippen LogP contribution in [0.3, 0.4) is 0 Å². The zero-order valence-corrected chi connectivity index (χ0v) is 13.5. The highest BCUT2D eigenvalue weighted by molar-refractivity contribution is 7.17. The van der Waals surface area contributed by atoms with Crippen LogP contribution in [0.4, 0.5) is 10.5 Å². The van der Waals surface area contributed by atoms with Gasteiger partial charge in [0.2, 0.25) is 10.2 Å². The number of thiazole rings is 1. The summed E-state index contributed by atoms with van der Waals surface area (Å²) in [5, 5.41) is 6.98. The van der Waals surface area contributed by atoms with Crippen molar-refractivity contribution in [2.75, 3.05) is 5.32 Å². The third kappa shape index (κ3) is 2.90. The Morgan fingerprint density at radius 2 is 2.14 bits per heavy atom. The zero-order chi connectivity index (χ0) is 15.7. The Balaban J connectivity index is 1.72. The van der Waals surface area contributed by atoms with E-state index in [2.05, 4.69) is 15.4 Å². The number of halogens is 1. The van der Waals surface area contributed by atoms with Gasteiger partial charge in [0, 0.05) is 5.69 Å². The highest BCUT2D eigenvalue weighted by Gasteiger charge is 2.20. The molecule has 0 bridgehead atoms. The van der Waals surface area contributed by atoms with Gasteiger partial charge in [-0.25, -0.2) is 9.31 Å². The van der Waals surface area contributed by atoms with Crippen LogP contribution in [0.25, 0.3) is 4.96 Å². The van der Waals surface area contributed by atoms with Crippen LogP contribution in [-0.2, 0) is 4.74 Å². The molecule has 1 unspecified atom stereocenters. The molecule has 0 aliphatic heterocycles. The van der Waals surface area contributed by atoms with Crippen molar-refractivity contribution in [1.82, 2.24) is 14.6 Å². The summed E-state index contributed by atoms with van der Waals surface area (Å²) >= 11 is 7.17.